The monoisotopic (exact) mass is 164 g/mol. The van der Waals surface area contributed by atoms with Crippen molar-refractivity contribution < 1.29 is 0 Å². The molecule has 0 saturated heterocycles. The van der Waals surface area contributed by atoms with Gasteiger partial charge in [-0.3, -0.25) is 4.79 Å². The van der Waals surface area contributed by atoms with Crippen molar-refractivity contribution in [2.75, 3.05) is 6.54 Å². The molecular formula is C9H12N2O. The number of hydrogen-bond acceptors (Lipinski definition) is 2. The van der Waals surface area contributed by atoms with E-state index in [4.69, 9.17) is 5.73 Å². The highest BCUT2D eigenvalue weighted by molar-refractivity contribution is 5.47. The Labute approximate surface area is 70.9 Å². The fraction of sp³-hybridized carbons (Fsp3) is 0.222. The molecule has 0 aromatic carbocycles. The van der Waals surface area contributed by atoms with Gasteiger partial charge in [0.15, 0.2) is 0 Å². The van der Waals surface area contributed by atoms with Gasteiger partial charge >= 0.3 is 0 Å². The summed E-state index contributed by atoms with van der Waals surface area (Å²) >= 11 is 0. The van der Waals surface area contributed by atoms with Crippen molar-refractivity contribution in [1.29, 1.82) is 0 Å². The fourth-order valence-corrected chi connectivity index (χ4v) is 0.880. The van der Waals surface area contributed by atoms with Crippen molar-refractivity contribution in [3.63, 3.8) is 0 Å². The number of rotatable bonds is 3. The van der Waals surface area contributed by atoms with Crippen LogP contribution in [-0.4, -0.2) is 11.5 Å². The van der Waals surface area contributed by atoms with Gasteiger partial charge in [0.1, 0.15) is 0 Å². The first-order chi connectivity index (χ1) is 5.83. The number of aromatic nitrogens is 1. The minimum atomic E-state index is -0.0788. The number of hydrogen-bond donors (Lipinski definition) is 2. The molecule has 0 aliphatic heterocycles. The molecule has 3 heteroatoms. The summed E-state index contributed by atoms with van der Waals surface area (Å²) in [5, 5.41) is 0. The van der Waals surface area contributed by atoms with Crippen molar-refractivity contribution in [3.05, 3.63) is 40.3 Å². The van der Waals surface area contributed by atoms with Gasteiger partial charge < -0.3 is 10.7 Å². The largest absolute Gasteiger partial charge is 0.330 e. The molecule has 64 valence electrons. The first-order valence-corrected chi connectivity index (χ1v) is 3.88. The molecule has 1 rings (SSSR count). The average Bonchev–Trinajstić information content (AvgIpc) is 2.05. The molecule has 0 amide bonds. The van der Waals surface area contributed by atoms with Crippen LogP contribution >= 0.6 is 0 Å². The van der Waals surface area contributed by atoms with Crippen molar-refractivity contribution in [3.8, 4) is 0 Å². The third-order valence-electron chi connectivity index (χ3n) is 1.44. The number of aromatic amines is 1. The van der Waals surface area contributed by atoms with Gasteiger partial charge in [-0.15, -0.1) is 0 Å². The van der Waals surface area contributed by atoms with Crippen LogP contribution in [0.1, 0.15) is 12.0 Å². The minimum Gasteiger partial charge on any atom is -0.330 e. The number of nitrogens with one attached hydrogen (secondary N) is 1. The van der Waals surface area contributed by atoms with E-state index in [1.165, 1.54) is 0 Å². The van der Waals surface area contributed by atoms with E-state index < -0.39 is 0 Å². The fourth-order valence-electron chi connectivity index (χ4n) is 0.880. The molecule has 0 aliphatic carbocycles. The molecule has 1 aromatic rings. The zero-order valence-corrected chi connectivity index (χ0v) is 6.79. The highest BCUT2D eigenvalue weighted by atomic mass is 16.1. The number of H-pyrrole nitrogens is 1. The van der Waals surface area contributed by atoms with Crippen LogP contribution in [-0.2, 0) is 0 Å². The van der Waals surface area contributed by atoms with Crippen LogP contribution in [0.2, 0.25) is 0 Å². The Kier molecular flexibility index (Phi) is 3.29. The van der Waals surface area contributed by atoms with Gasteiger partial charge in [0.25, 0.3) is 0 Å². The first-order valence-electron chi connectivity index (χ1n) is 3.88. The second-order valence-corrected chi connectivity index (χ2v) is 2.47. The van der Waals surface area contributed by atoms with E-state index in [1.54, 1.807) is 12.3 Å². The molecule has 0 radical (unpaired) electrons. The van der Waals surface area contributed by atoms with E-state index in [9.17, 15) is 4.79 Å². The Hall–Kier alpha value is -1.35. The Bertz CT molecular complexity index is 314. The second kappa shape index (κ2) is 4.51. The molecule has 0 saturated carbocycles. The molecule has 0 unspecified atom stereocenters. The lowest BCUT2D eigenvalue weighted by Gasteiger charge is -1.89. The predicted molar refractivity (Wildman–Crippen MR) is 49.8 cm³/mol. The molecule has 1 aromatic heterocycles. The third kappa shape index (κ3) is 2.72. The van der Waals surface area contributed by atoms with Crippen molar-refractivity contribution in [2.24, 2.45) is 5.73 Å². The summed E-state index contributed by atoms with van der Waals surface area (Å²) < 4.78 is 0. The summed E-state index contributed by atoms with van der Waals surface area (Å²) in [6.07, 6.45) is 6.31. The zero-order chi connectivity index (χ0) is 8.81. The molecule has 3 nitrogen and oxygen atoms in total. The van der Waals surface area contributed by atoms with Crippen LogP contribution in [0.3, 0.4) is 0 Å². The van der Waals surface area contributed by atoms with Crippen LogP contribution in [0, 0.1) is 0 Å². The molecule has 0 atom stereocenters. The minimum absolute atomic E-state index is 0.0788. The van der Waals surface area contributed by atoms with Crippen LogP contribution in [0.25, 0.3) is 6.08 Å². The zero-order valence-electron chi connectivity index (χ0n) is 6.79. The molecule has 1 heterocycles. The van der Waals surface area contributed by atoms with Gasteiger partial charge in [-0.05, 0) is 24.6 Å². The summed E-state index contributed by atoms with van der Waals surface area (Å²) in [6.45, 7) is 0.639. The standard InChI is InChI=1S/C9H12N2O/c10-5-2-1-3-8-4-6-11-9(12)7-8/h1,3-4,6-7H,2,5,10H2,(H,11,12). The Morgan fingerprint density at radius 1 is 1.58 bits per heavy atom. The predicted octanol–water partition coefficient (Wildman–Crippen LogP) is 0.737. The topological polar surface area (TPSA) is 58.9 Å². The molecule has 0 fully saturated rings. The van der Waals surface area contributed by atoms with E-state index >= 15 is 0 Å². The van der Waals surface area contributed by atoms with E-state index in [-0.39, 0.29) is 5.56 Å². The lowest BCUT2D eigenvalue weighted by atomic mass is 10.2. The highest BCUT2D eigenvalue weighted by Crippen LogP contribution is 1.96. The molecule has 0 spiro atoms. The summed E-state index contributed by atoms with van der Waals surface area (Å²) in [4.78, 5) is 13.4. The van der Waals surface area contributed by atoms with Crippen LogP contribution < -0.4 is 11.3 Å². The molecule has 0 bridgehead atoms. The van der Waals surface area contributed by atoms with Crippen LogP contribution in [0.15, 0.2) is 29.2 Å². The molecule has 3 N–H and O–H groups in total. The van der Waals surface area contributed by atoms with Gasteiger partial charge in [0.2, 0.25) is 5.56 Å². The van der Waals surface area contributed by atoms with Crippen LogP contribution in [0.4, 0.5) is 0 Å². The van der Waals surface area contributed by atoms with Crippen molar-refractivity contribution >= 4 is 6.08 Å². The summed E-state index contributed by atoms with van der Waals surface area (Å²) in [5.41, 5.74) is 6.13. The second-order valence-electron chi connectivity index (χ2n) is 2.47. The van der Waals surface area contributed by atoms with Crippen molar-refractivity contribution in [2.45, 2.75) is 6.42 Å². The highest BCUT2D eigenvalue weighted by Gasteiger charge is 1.85. The van der Waals surface area contributed by atoms with Gasteiger partial charge in [0, 0.05) is 12.3 Å². The Morgan fingerprint density at radius 3 is 3.08 bits per heavy atom. The lowest BCUT2D eigenvalue weighted by molar-refractivity contribution is 1.01. The Balaban J connectivity index is 2.69. The Morgan fingerprint density at radius 2 is 2.42 bits per heavy atom. The van der Waals surface area contributed by atoms with E-state index in [0.29, 0.717) is 6.54 Å². The summed E-state index contributed by atoms with van der Waals surface area (Å²) in [6, 6.07) is 3.39. The molecule has 12 heavy (non-hydrogen) atoms. The van der Waals surface area contributed by atoms with Gasteiger partial charge in [-0.2, -0.15) is 0 Å². The quantitative estimate of drug-likeness (QED) is 0.692. The van der Waals surface area contributed by atoms with Gasteiger partial charge in [0.05, 0.1) is 0 Å². The maximum Gasteiger partial charge on any atom is 0.248 e. The van der Waals surface area contributed by atoms with Gasteiger partial charge in [-0.25, -0.2) is 0 Å². The number of nitrogens with two attached hydrogens (primary N) is 1. The third-order valence-corrected chi connectivity index (χ3v) is 1.44. The van der Waals surface area contributed by atoms with E-state index in [2.05, 4.69) is 4.98 Å². The maximum atomic E-state index is 10.8. The van der Waals surface area contributed by atoms with E-state index in [1.807, 2.05) is 18.2 Å². The number of pyridine rings is 1. The smallest absolute Gasteiger partial charge is 0.248 e. The molecular weight excluding hydrogens is 152 g/mol. The van der Waals surface area contributed by atoms with E-state index in [0.717, 1.165) is 12.0 Å². The van der Waals surface area contributed by atoms with Gasteiger partial charge in [-0.1, -0.05) is 12.2 Å². The summed E-state index contributed by atoms with van der Waals surface area (Å²) in [5.74, 6) is 0. The van der Waals surface area contributed by atoms with Crippen molar-refractivity contribution in [1.82, 2.24) is 4.98 Å². The summed E-state index contributed by atoms with van der Waals surface area (Å²) in [7, 11) is 0. The van der Waals surface area contributed by atoms with Crippen LogP contribution in [0.5, 0.6) is 0 Å². The average molecular weight is 164 g/mol. The first kappa shape index (κ1) is 8.74. The lowest BCUT2D eigenvalue weighted by Crippen LogP contribution is -2.01. The molecule has 0 aliphatic rings. The normalized spacial score (nSPS) is 10.8. The maximum absolute atomic E-state index is 10.8. The SMILES string of the molecule is NCCC=Cc1cc[nH]c(=O)c1.